The molecule has 0 radical (unpaired) electrons. The van der Waals surface area contributed by atoms with Crippen molar-refractivity contribution in [2.75, 3.05) is 61.7 Å². The number of aliphatic hydroxyl groups is 2. The van der Waals surface area contributed by atoms with Crippen LogP contribution in [0.2, 0.25) is 0 Å². The van der Waals surface area contributed by atoms with Crippen molar-refractivity contribution < 1.29 is 38.8 Å². The molecule has 5 aromatic carbocycles. The number of anilines is 3. The average Bonchev–Trinajstić information content (AvgIpc) is 3.78. The Labute approximate surface area is 354 Å². The summed E-state index contributed by atoms with van der Waals surface area (Å²) in [5, 5.41) is 25.3. The quantitative estimate of drug-likeness (QED) is 0.105. The maximum absolute atomic E-state index is 15.5. The van der Waals surface area contributed by atoms with Crippen LogP contribution in [0.4, 0.5) is 17.1 Å². The summed E-state index contributed by atoms with van der Waals surface area (Å²) in [5.41, 5.74) is 3.64. The van der Waals surface area contributed by atoms with Gasteiger partial charge in [-0.05, 0) is 76.9 Å². The van der Waals surface area contributed by atoms with Gasteiger partial charge in [-0.25, -0.2) is 0 Å². The molecule has 310 valence electrons. The molecular weight excluding hydrogens is 773 g/mol. The number of benzene rings is 5. The largest absolute Gasteiger partial charge is 0.491 e. The second-order valence-corrected chi connectivity index (χ2v) is 15.5. The third-order valence-corrected chi connectivity index (χ3v) is 12.1. The van der Waals surface area contributed by atoms with Crippen molar-refractivity contribution in [1.29, 1.82) is 0 Å². The first kappa shape index (κ1) is 39.9. The zero-order valence-electron chi connectivity index (χ0n) is 33.4. The fraction of sp³-hybridized carbons (Fsp3) is 0.286. The molecule has 0 aliphatic carbocycles. The van der Waals surface area contributed by atoms with E-state index in [0.717, 1.165) is 29.9 Å². The lowest BCUT2D eigenvalue weighted by molar-refractivity contribution is -0.177. The minimum atomic E-state index is -1.71. The van der Waals surface area contributed by atoms with E-state index in [1.54, 1.807) is 24.3 Å². The van der Waals surface area contributed by atoms with Gasteiger partial charge >= 0.3 is 5.97 Å². The first-order valence-electron chi connectivity index (χ1n) is 20.6. The summed E-state index contributed by atoms with van der Waals surface area (Å²) in [6, 6.07) is 36.7. The van der Waals surface area contributed by atoms with Crippen LogP contribution in [0.15, 0.2) is 127 Å². The second-order valence-electron chi connectivity index (χ2n) is 15.5. The number of carbonyl (C=O) groups is 3. The lowest BCUT2D eigenvalue weighted by atomic mass is 9.65. The standard InChI is InChI=1S/C49H46N4O8/c54-26-8-7-9-32-14-23-40-39(31-32)49(48(58)51-40)41(46(56)50-36-17-19-37(20-18-36)52-24-28-59-29-25-52)43-47(57)61-44(34-12-5-2-6-13-34)42(33-10-3-1-4-11-33)53(43)45(49)35-15-21-38(22-16-35)60-30-27-55/h1-6,10-23,31,41-45,54-55H,8,24-30H2,(H,50,56)(H,51,58)/t41-,42-,43-,44+,45+,49-/m0/s1. The van der Waals surface area contributed by atoms with Gasteiger partial charge in [-0.1, -0.05) is 84.6 Å². The highest BCUT2D eigenvalue weighted by Gasteiger charge is 2.74. The van der Waals surface area contributed by atoms with Gasteiger partial charge in [0.15, 0.2) is 0 Å². The summed E-state index contributed by atoms with van der Waals surface area (Å²) >= 11 is 0. The van der Waals surface area contributed by atoms with Crippen LogP contribution in [0.1, 0.15) is 52.4 Å². The monoisotopic (exact) mass is 818 g/mol. The average molecular weight is 819 g/mol. The molecule has 9 rings (SSSR count). The SMILES string of the molecule is O=C1O[C@H](c2ccccc2)[C@H](c2ccccc2)N2[C@H]1[C@@H](C(=O)Nc1ccc(N3CCOCC3)cc1)[C@]1(C(=O)Nc3ccc(C#CCCO)cc31)[C@H]2c1ccc(OCCO)cc1. The van der Waals surface area contributed by atoms with Gasteiger partial charge in [0.1, 0.15) is 29.9 Å². The Morgan fingerprint density at radius 3 is 2.21 bits per heavy atom. The molecule has 4 aliphatic rings. The van der Waals surface area contributed by atoms with Crippen molar-refractivity contribution in [3.8, 4) is 17.6 Å². The van der Waals surface area contributed by atoms with Gasteiger partial charge in [-0.15, -0.1) is 0 Å². The van der Waals surface area contributed by atoms with Gasteiger partial charge in [0.2, 0.25) is 11.8 Å². The normalized spacial score (nSPS) is 24.2. The molecule has 3 saturated heterocycles. The molecule has 4 aliphatic heterocycles. The molecule has 3 fully saturated rings. The van der Waals surface area contributed by atoms with Crippen molar-refractivity contribution in [3.63, 3.8) is 0 Å². The first-order valence-corrected chi connectivity index (χ1v) is 20.6. The number of nitrogens with zero attached hydrogens (tertiary/aromatic N) is 2. The number of cyclic esters (lactones) is 1. The molecular formula is C49H46N4O8. The number of ether oxygens (including phenoxy) is 3. The number of aliphatic hydroxyl groups excluding tert-OH is 2. The van der Waals surface area contributed by atoms with E-state index >= 15 is 14.4 Å². The van der Waals surface area contributed by atoms with Crippen LogP contribution in [-0.4, -0.2) is 85.1 Å². The number of rotatable bonds is 10. The molecule has 0 saturated carbocycles. The van der Waals surface area contributed by atoms with Crippen LogP contribution in [0.5, 0.6) is 5.75 Å². The fourth-order valence-corrected chi connectivity index (χ4v) is 9.60. The van der Waals surface area contributed by atoms with E-state index in [0.29, 0.717) is 47.0 Å². The number of carbonyl (C=O) groups excluding carboxylic acids is 3. The molecule has 4 heterocycles. The maximum atomic E-state index is 15.5. The Balaban J connectivity index is 1.26. The Bertz CT molecular complexity index is 2450. The number of fused-ring (bicyclic) bond motifs is 3. The Morgan fingerprint density at radius 1 is 0.820 bits per heavy atom. The highest BCUT2D eigenvalue weighted by atomic mass is 16.6. The van der Waals surface area contributed by atoms with Gasteiger partial charge in [-0.3, -0.25) is 19.3 Å². The van der Waals surface area contributed by atoms with E-state index in [1.807, 2.05) is 108 Å². The Kier molecular flexibility index (Phi) is 11.3. The highest BCUT2D eigenvalue weighted by Crippen LogP contribution is 2.65. The molecule has 0 aromatic heterocycles. The van der Waals surface area contributed by atoms with E-state index < -0.39 is 53.3 Å². The molecule has 5 aromatic rings. The molecule has 12 nitrogen and oxygen atoms in total. The smallest absolute Gasteiger partial charge is 0.324 e. The van der Waals surface area contributed by atoms with Gasteiger partial charge in [0.25, 0.3) is 0 Å². The zero-order valence-corrected chi connectivity index (χ0v) is 33.4. The van der Waals surface area contributed by atoms with Gasteiger partial charge in [0.05, 0.1) is 44.4 Å². The second kappa shape index (κ2) is 17.2. The number of amides is 2. The molecule has 12 heteroatoms. The lowest BCUT2D eigenvalue weighted by Gasteiger charge is -2.46. The predicted octanol–water partition coefficient (Wildman–Crippen LogP) is 5.54. The number of hydrogen-bond acceptors (Lipinski definition) is 10. The maximum Gasteiger partial charge on any atom is 0.324 e. The van der Waals surface area contributed by atoms with E-state index in [4.69, 9.17) is 14.2 Å². The molecule has 0 bridgehead atoms. The van der Waals surface area contributed by atoms with Crippen LogP contribution in [0.3, 0.4) is 0 Å². The van der Waals surface area contributed by atoms with Gasteiger partial charge in [0, 0.05) is 42.1 Å². The number of morpholine rings is 2. The number of hydrogen-bond donors (Lipinski definition) is 4. The Hall–Kier alpha value is -6.49. The predicted molar refractivity (Wildman–Crippen MR) is 229 cm³/mol. The molecule has 61 heavy (non-hydrogen) atoms. The van der Waals surface area contributed by atoms with Crippen molar-refractivity contribution in [1.82, 2.24) is 4.90 Å². The summed E-state index contributed by atoms with van der Waals surface area (Å²) in [6.07, 6.45) is -0.558. The number of esters is 1. The van der Waals surface area contributed by atoms with Gasteiger partial charge in [-0.2, -0.15) is 0 Å². The fourth-order valence-electron chi connectivity index (χ4n) is 9.60. The van der Waals surface area contributed by atoms with E-state index in [9.17, 15) is 10.2 Å². The highest BCUT2D eigenvalue weighted by molar-refractivity contribution is 6.13. The molecule has 4 N–H and O–H groups in total. The third kappa shape index (κ3) is 7.29. The number of nitrogens with one attached hydrogen (secondary N) is 2. The van der Waals surface area contributed by atoms with Crippen LogP contribution in [0, 0.1) is 17.8 Å². The minimum absolute atomic E-state index is 0.0904. The van der Waals surface area contributed by atoms with Crippen LogP contribution >= 0.6 is 0 Å². The molecule has 1 spiro atoms. The van der Waals surface area contributed by atoms with Gasteiger partial charge < -0.3 is 40.0 Å². The molecule has 6 atom stereocenters. The topological polar surface area (TPSA) is 150 Å². The van der Waals surface area contributed by atoms with Crippen LogP contribution < -0.4 is 20.3 Å². The van der Waals surface area contributed by atoms with Crippen LogP contribution in [0.25, 0.3) is 0 Å². The minimum Gasteiger partial charge on any atom is -0.491 e. The molecule has 0 unspecified atom stereocenters. The third-order valence-electron chi connectivity index (χ3n) is 12.1. The van der Waals surface area contributed by atoms with E-state index in [2.05, 4.69) is 27.4 Å². The van der Waals surface area contributed by atoms with Crippen molar-refractivity contribution >= 4 is 34.8 Å². The summed E-state index contributed by atoms with van der Waals surface area (Å²) in [4.78, 5) is 50.3. The van der Waals surface area contributed by atoms with E-state index in [-0.39, 0.29) is 26.2 Å². The summed E-state index contributed by atoms with van der Waals surface area (Å²) in [7, 11) is 0. The van der Waals surface area contributed by atoms with Crippen LogP contribution in [-0.2, 0) is 29.3 Å². The van der Waals surface area contributed by atoms with E-state index in [1.165, 1.54) is 0 Å². The Morgan fingerprint density at radius 2 is 1.52 bits per heavy atom. The lowest BCUT2D eigenvalue weighted by Crippen LogP contribution is -2.53. The summed E-state index contributed by atoms with van der Waals surface area (Å²) < 4.78 is 17.8. The summed E-state index contributed by atoms with van der Waals surface area (Å²) in [6.45, 7) is 2.57. The van der Waals surface area contributed by atoms with Crippen molar-refractivity contribution in [3.05, 3.63) is 155 Å². The van der Waals surface area contributed by atoms with Crippen molar-refractivity contribution in [2.24, 2.45) is 5.92 Å². The zero-order chi connectivity index (χ0) is 41.9. The first-order chi connectivity index (χ1) is 29.9. The van der Waals surface area contributed by atoms with Crippen molar-refractivity contribution in [2.45, 2.75) is 36.1 Å². The summed E-state index contributed by atoms with van der Waals surface area (Å²) in [5.74, 6) is 3.70. The molecule has 2 amide bonds.